The van der Waals surface area contributed by atoms with Gasteiger partial charge in [0.2, 0.25) is 5.91 Å². The van der Waals surface area contributed by atoms with E-state index >= 15 is 0 Å². The highest BCUT2D eigenvalue weighted by Gasteiger charge is 2.27. The van der Waals surface area contributed by atoms with Gasteiger partial charge in [0.15, 0.2) is 0 Å². The third kappa shape index (κ3) is 2.88. The Morgan fingerprint density at radius 3 is 2.22 bits per heavy atom. The lowest BCUT2D eigenvalue weighted by Gasteiger charge is -2.27. The van der Waals surface area contributed by atoms with Crippen LogP contribution in [0.2, 0.25) is 0 Å². The molecule has 98 valence electrons. The fraction of sp³-hybridized carbons (Fsp3) is 0.429. The lowest BCUT2D eigenvalue weighted by Crippen LogP contribution is -2.37. The Hall–Kier alpha value is -1.84. The normalized spacial score (nSPS) is 10.9. The lowest BCUT2D eigenvalue weighted by molar-refractivity contribution is -0.125. The van der Waals surface area contributed by atoms with E-state index in [4.69, 9.17) is 4.74 Å². The molecule has 1 aromatic rings. The topological polar surface area (TPSA) is 46.6 Å². The van der Waals surface area contributed by atoms with Crippen LogP contribution in [0.5, 0.6) is 0 Å². The molecule has 1 aromatic carbocycles. The van der Waals surface area contributed by atoms with Gasteiger partial charge in [-0.2, -0.15) is 0 Å². The Labute approximate surface area is 108 Å². The Kier molecular flexibility index (Phi) is 4.11. The van der Waals surface area contributed by atoms with E-state index in [9.17, 15) is 9.59 Å². The third-order valence-corrected chi connectivity index (χ3v) is 2.62. The minimum Gasteiger partial charge on any atom is -0.465 e. The molecule has 1 amide bonds. The smallest absolute Gasteiger partial charge is 0.339 e. The Morgan fingerprint density at radius 2 is 1.72 bits per heavy atom. The summed E-state index contributed by atoms with van der Waals surface area (Å²) in [7, 11) is 2.99. The summed E-state index contributed by atoms with van der Waals surface area (Å²) in [4.78, 5) is 25.3. The van der Waals surface area contributed by atoms with E-state index in [1.165, 1.54) is 12.0 Å². The summed E-state index contributed by atoms with van der Waals surface area (Å²) in [5.41, 5.74) is 0.446. The quantitative estimate of drug-likeness (QED) is 0.756. The Morgan fingerprint density at radius 1 is 1.17 bits per heavy atom. The first-order valence-corrected chi connectivity index (χ1v) is 5.74. The highest BCUT2D eigenvalue weighted by atomic mass is 16.5. The number of amides is 1. The maximum atomic E-state index is 12.2. The van der Waals surface area contributed by atoms with Gasteiger partial charge in [-0.3, -0.25) is 4.79 Å². The molecule has 0 bridgehead atoms. The maximum absolute atomic E-state index is 12.2. The van der Waals surface area contributed by atoms with Crippen molar-refractivity contribution in [3.63, 3.8) is 0 Å². The van der Waals surface area contributed by atoms with Crippen LogP contribution in [0.4, 0.5) is 5.69 Å². The van der Waals surface area contributed by atoms with Gasteiger partial charge in [-0.25, -0.2) is 4.79 Å². The van der Waals surface area contributed by atoms with Crippen LogP contribution in [-0.4, -0.2) is 26.0 Å². The predicted molar refractivity (Wildman–Crippen MR) is 70.6 cm³/mol. The van der Waals surface area contributed by atoms with Gasteiger partial charge in [0, 0.05) is 12.5 Å². The number of benzene rings is 1. The summed E-state index contributed by atoms with van der Waals surface area (Å²) in [6, 6.07) is 6.91. The molecule has 0 aromatic heterocycles. The van der Waals surface area contributed by atoms with E-state index in [-0.39, 0.29) is 5.91 Å². The van der Waals surface area contributed by atoms with E-state index in [2.05, 4.69) is 0 Å². The van der Waals surface area contributed by atoms with Crippen molar-refractivity contribution in [3.05, 3.63) is 29.8 Å². The zero-order chi connectivity index (χ0) is 13.9. The maximum Gasteiger partial charge on any atom is 0.339 e. The Balaban J connectivity index is 3.18. The molecular formula is C14H19NO3. The molecule has 1 rings (SSSR count). The second-order valence-electron chi connectivity index (χ2n) is 5.12. The fourth-order valence-electron chi connectivity index (χ4n) is 1.66. The summed E-state index contributed by atoms with van der Waals surface area (Å²) in [6.07, 6.45) is 0. The van der Waals surface area contributed by atoms with Crippen molar-refractivity contribution in [2.45, 2.75) is 20.8 Å². The largest absolute Gasteiger partial charge is 0.465 e. The average molecular weight is 249 g/mol. The first-order valence-electron chi connectivity index (χ1n) is 5.74. The summed E-state index contributed by atoms with van der Waals surface area (Å²) in [6.45, 7) is 5.52. The van der Waals surface area contributed by atoms with Crippen molar-refractivity contribution in [3.8, 4) is 0 Å². The summed E-state index contributed by atoms with van der Waals surface area (Å²) in [5.74, 6) is -0.502. The molecule has 18 heavy (non-hydrogen) atoms. The van der Waals surface area contributed by atoms with Crippen LogP contribution in [0.25, 0.3) is 0 Å². The molecule has 0 radical (unpaired) electrons. The first kappa shape index (κ1) is 14.2. The van der Waals surface area contributed by atoms with Crippen LogP contribution in [0, 0.1) is 5.41 Å². The van der Waals surface area contributed by atoms with Gasteiger partial charge in [0.1, 0.15) is 0 Å². The van der Waals surface area contributed by atoms with E-state index in [0.717, 1.165) is 0 Å². The van der Waals surface area contributed by atoms with E-state index in [1.54, 1.807) is 31.3 Å². The van der Waals surface area contributed by atoms with Crippen LogP contribution < -0.4 is 4.90 Å². The molecule has 0 fully saturated rings. The molecule has 0 unspecified atom stereocenters. The lowest BCUT2D eigenvalue weighted by atomic mass is 9.94. The monoisotopic (exact) mass is 249 g/mol. The molecule has 0 N–H and O–H groups in total. The zero-order valence-corrected chi connectivity index (χ0v) is 11.5. The standard InChI is InChI=1S/C14H19NO3/c1-14(2,3)13(17)15(4)11-9-7-6-8-10(11)12(16)18-5/h6-9H,1-5H3. The molecule has 0 atom stereocenters. The molecule has 4 nitrogen and oxygen atoms in total. The van der Waals surface area contributed by atoms with E-state index < -0.39 is 11.4 Å². The van der Waals surface area contributed by atoms with Gasteiger partial charge in [0.05, 0.1) is 18.4 Å². The third-order valence-electron chi connectivity index (χ3n) is 2.62. The number of esters is 1. The number of ether oxygens (including phenoxy) is 1. The minimum absolute atomic E-state index is 0.0566. The number of carbonyl (C=O) groups is 2. The van der Waals surface area contributed by atoms with Crippen molar-refractivity contribution in [2.75, 3.05) is 19.1 Å². The summed E-state index contributed by atoms with van der Waals surface area (Å²) >= 11 is 0. The molecule has 0 aliphatic carbocycles. The molecular weight excluding hydrogens is 230 g/mol. The number of methoxy groups -OCH3 is 1. The average Bonchev–Trinajstić information content (AvgIpc) is 2.35. The highest BCUT2D eigenvalue weighted by Crippen LogP contribution is 2.25. The number of nitrogens with zero attached hydrogens (tertiary/aromatic N) is 1. The van der Waals surface area contributed by atoms with Crippen molar-refractivity contribution in [2.24, 2.45) is 5.41 Å². The minimum atomic E-state index is -0.502. The van der Waals surface area contributed by atoms with Gasteiger partial charge in [-0.15, -0.1) is 0 Å². The van der Waals surface area contributed by atoms with Crippen LogP contribution in [0.3, 0.4) is 0 Å². The molecule has 0 saturated heterocycles. The molecule has 0 spiro atoms. The SMILES string of the molecule is COC(=O)c1ccccc1N(C)C(=O)C(C)(C)C. The van der Waals surface area contributed by atoms with Crippen LogP contribution in [0.15, 0.2) is 24.3 Å². The van der Waals surface area contributed by atoms with Gasteiger partial charge in [0.25, 0.3) is 0 Å². The van der Waals surface area contributed by atoms with Gasteiger partial charge >= 0.3 is 5.97 Å². The number of anilines is 1. The molecule has 0 aliphatic heterocycles. The second-order valence-corrected chi connectivity index (χ2v) is 5.12. The number of carbonyl (C=O) groups excluding carboxylic acids is 2. The van der Waals surface area contributed by atoms with Gasteiger partial charge < -0.3 is 9.64 Å². The summed E-state index contributed by atoms with van der Waals surface area (Å²) < 4.78 is 4.72. The predicted octanol–water partition coefficient (Wildman–Crippen LogP) is 2.48. The zero-order valence-electron chi connectivity index (χ0n) is 11.5. The first-order chi connectivity index (χ1) is 8.29. The summed E-state index contributed by atoms with van der Waals surface area (Å²) in [5, 5.41) is 0. The van der Waals surface area contributed by atoms with E-state index in [0.29, 0.717) is 11.3 Å². The fourth-order valence-corrected chi connectivity index (χ4v) is 1.66. The van der Waals surface area contributed by atoms with Gasteiger partial charge in [-0.1, -0.05) is 32.9 Å². The van der Waals surface area contributed by atoms with Crippen LogP contribution in [-0.2, 0) is 9.53 Å². The highest BCUT2D eigenvalue weighted by molar-refractivity contribution is 6.03. The molecule has 0 heterocycles. The van der Waals surface area contributed by atoms with Crippen molar-refractivity contribution in [1.29, 1.82) is 0 Å². The molecule has 0 saturated carbocycles. The number of hydrogen-bond donors (Lipinski definition) is 0. The number of rotatable bonds is 2. The Bertz CT molecular complexity index is 460. The molecule has 0 aliphatic rings. The molecule has 4 heteroatoms. The number of para-hydroxylation sites is 1. The van der Waals surface area contributed by atoms with Crippen molar-refractivity contribution < 1.29 is 14.3 Å². The van der Waals surface area contributed by atoms with Crippen LogP contribution >= 0.6 is 0 Å². The van der Waals surface area contributed by atoms with Crippen molar-refractivity contribution >= 4 is 17.6 Å². The van der Waals surface area contributed by atoms with Crippen molar-refractivity contribution in [1.82, 2.24) is 0 Å². The van der Waals surface area contributed by atoms with Gasteiger partial charge in [-0.05, 0) is 12.1 Å². The number of hydrogen-bond acceptors (Lipinski definition) is 3. The van der Waals surface area contributed by atoms with Crippen LogP contribution in [0.1, 0.15) is 31.1 Å². The van der Waals surface area contributed by atoms with E-state index in [1.807, 2.05) is 20.8 Å². The second kappa shape index (κ2) is 5.21.